The van der Waals surface area contributed by atoms with Crippen LogP contribution in [0.2, 0.25) is 0 Å². The monoisotopic (exact) mass is 424 g/mol. The Bertz CT molecular complexity index is 928. The molecular formula is C23H21BrO3. The Hall–Kier alpha value is -2.33. The molecule has 3 nitrogen and oxygen atoms in total. The molecule has 2 atom stereocenters. The minimum Gasteiger partial charge on any atom is -0.482 e. The van der Waals surface area contributed by atoms with Crippen LogP contribution < -0.4 is 0 Å². The van der Waals surface area contributed by atoms with E-state index in [2.05, 4.69) is 46.3 Å². The van der Waals surface area contributed by atoms with E-state index in [1.54, 1.807) is 0 Å². The van der Waals surface area contributed by atoms with E-state index in [0.717, 1.165) is 22.0 Å². The molecule has 27 heavy (non-hydrogen) atoms. The second kappa shape index (κ2) is 7.01. The SMILES string of the molecule is CCOC(=O)C1=C(C)O[C@@]2(c3ccc(Br)cc3)C=C(c3ccccc3)C[C@@H]12. The number of benzene rings is 2. The molecule has 4 rings (SSSR count). The van der Waals surface area contributed by atoms with E-state index in [1.807, 2.05) is 44.2 Å². The Morgan fingerprint density at radius 1 is 1.19 bits per heavy atom. The van der Waals surface area contributed by atoms with Crippen molar-refractivity contribution in [2.75, 3.05) is 6.61 Å². The zero-order valence-corrected chi connectivity index (χ0v) is 17.0. The van der Waals surface area contributed by atoms with Gasteiger partial charge in [-0.25, -0.2) is 4.79 Å². The predicted molar refractivity (Wildman–Crippen MR) is 109 cm³/mol. The fourth-order valence-electron chi connectivity index (χ4n) is 4.16. The standard InChI is InChI=1S/C23H21BrO3/c1-3-26-22(25)21-15(2)27-23(18-9-11-19(24)12-10-18)14-17(13-20(21)23)16-7-5-4-6-8-16/h4-12,14,20H,3,13H2,1-2H3/t20-,23+/m0/s1. The molecule has 4 heteroatoms. The minimum atomic E-state index is -0.669. The summed E-state index contributed by atoms with van der Waals surface area (Å²) in [7, 11) is 0. The average Bonchev–Trinajstić information content (AvgIpc) is 3.16. The first kappa shape index (κ1) is 18.1. The first-order valence-corrected chi connectivity index (χ1v) is 9.94. The maximum Gasteiger partial charge on any atom is 0.337 e. The predicted octanol–water partition coefficient (Wildman–Crippen LogP) is 5.62. The highest BCUT2D eigenvalue weighted by Crippen LogP contribution is 2.56. The van der Waals surface area contributed by atoms with Crippen LogP contribution in [0.4, 0.5) is 0 Å². The summed E-state index contributed by atoms with van der Waals surface area (Å²) in [6.45, 7) is 4.04. The second-order valence-electron chi connectivity index (χ2n) is 6.88. The van der Waals surface area contributed by atoms with Crippen LogP contribution in [0.25, 0.3) is 5.57 Å². The third kappa shape index (κ3) is 3.02. The van der Waals surface area contributed by atoms with E-state index in [9.17, 15) is 4.79 Å². The van der Waals surface area contributed by atoms with Crippen molar-refractivity contribution in [3.05, 3.63) is 87.6 Å². The molecule has 1 aliphatic heterocycles. The molecule has 0 N–H and O–H groups in total. The lowest BCUT2D eigenvalue weighted by molar-refractivity contribution is -0.139. The van der Waals surface area contributed by atoms with Gasteiger partial charge in [-0.1, -0.05) is 58.4 Å². The van der Waals surface area contributed by atoms with Gasteiger partial charge in [0.05, 0.1) is 12.2 Å². The summed E-state index contributed by atoms with van der Waals surface area (Å²) < 4.78 is 12.8. The molecule has 2 aromatic carbocycles. The fourth-order valence-corrected chi connectivity index (χ4v) is 4.43. The van der Waals surface area contributed by atoms with Gasteiger partial charge in [0.2, 0.25) is 0 Å². The molecule has 0 spiro atoms. The van der Waals surface area contributed by atoms with E-state index in [-0.39, 0.29) is 11.9 Å². The zero-order valence-electron chi connectivity index (χ0n) is 15.4. The number of rotatable bonds is 4. The normalized spacial score (nSPS) is 23.7. The van der Waals surface area contributed by atoms with Crippen LogP contribution in [-0.4, -0.2) is 12.6 Å². The smallest absolute Gasteiger partial charge is 0.337 e. The lowest BCUT2D eigenvalue weighted by atomic mass is 9.81. The van der Waals surface area contributed by atoms with E-state index in [1.165, 1.54) is 5.57 Å². The maximum absolute atomic E-state index is 12.7. The van der Waals surface area contributed by atoms with Gasteiger partial charge in [0.15, 0.2) is 5.60 Å². The average molecular weight is 425 g/mol. The van der Waals surface area contributed by atoms with Crippen LogP contribution in [0.1, 0.15) is 31.4 Å². The number of fused-ring (bicyclic) bond motifs is 1. The summed E-state index contributed by atoms with van der Waals surface area (Å²) in [6.07, 6.45) is 2.93. The first-order valence-electron chi connectivity index (χ1n) is 9.15. The molecule has 0 saturated carbocycles. The quantitative estimate of drug-likeness (QED) is 0.597. The highest BCUT2D eigenvalue weighted by atomic mass is 79.9. The van der Waals surface area contributed by atoms with Gasteiger partial charge in [-0.15, -0.1) is 0 Å². The summed E-state index contributed by atoms with van der Waals surface area (Å²) in [6, 6.07) is 18.4. The fraction of sp³-hybridized carbons (Fsp3) is 0.261. The van der Waals surface area contributed by atoms with Gasteiger partial charge in [0.25, 0.3) is 0 Å². The Morgan fingerprint density at radius 3 is 2.56 bits per heavy atom. The third-order valence-electron chi connectivity index (χ3n) is 5.32. The summed E-state index contributed by atoms with van der Waals surface area (Å²) in [4.78, 5) is 12.7. The van der Waals surface area contributed by atoms with E-state index in [0.29, 0.717) is 17.9 Å². The van der Waals surface area contributed by atoms with Gasteiger partial charge >= 0.3 is 5.97 Å². The zero-order chi connectivity index (χ0) is 19.0. The highest BCUT2D eigenvalue weighted by molar-refractivity contribution is 9.10. The lowest BCUT2D eigenvalue weighted by Crippen LogP contribution is -2.30. The molecular weight excluding hydrogens is 404 g/mol. The van der Waals surface area contributed by atoms with Crippen molar-refractivity contribution < 1.29 is 14.3 Å². The van der Waals surface area contributed by atoms with Crippen molar-refractivity contribution in [2.24, 2.45) is 5.92 Å². The van der Waals surface area contributed by atoms with Crippen molar-refractivity contribution in [2.45, 2.75) is 25.9 Å². The number of allylic oxidation sites excluding steroid dienone is 2. The number of halogens is 1. The molecule has 138 valence electrons. The molecule has 0 radical (unpaired) electrons. The lowest BCUT2D eigenvalue weighted by Gasteiger charge is -2.29. The van der Waals surface area contributed by atoms with Crippen molar-refractivity contribution in [3.8, 4) is 0 Å². The molecule has 0 fully saturated rings. The van der Waals surface area contributed by atoms with Gasteiger partial charge in [-0.05, 0) is 49.6 Å². The van der Waals surface area contributed by atoms with Crippen LogP contribution >= 0.6 is 15.9 Å². The second-order valence-corrected chi connectivity index (χ2v) is 7.80. The molecule has 0 unspecified atom stereocenters. The summed E-state index contributed by atoms with van der Waals surface area (Å²) >= 11 is 3.50. The van der Waals surface area contributed by atoms with Crippen molar-refractivity contribution in [3.63, 3.8) is 0 Å². The molecule has 1 aliphatic carbocycles. The van der Waals surface area contributed by atoms with E-state index >= 15 is 0 Å². The molecule has 0 amide bonds. The molecule has 2 aliphatic rings. The van der Waals surface area contributed by atoms with Crippen molar-refractivity contribution >= 4 is 27.5 Å². The largest absolute Gasteiger partial charge is 0.482 e. The van der Waals surface area contributed by atoms with Gasteiger partial charge in [0, 0.05) is 16.0 Å². The molecule has 0 aromatic heterocycles. The van der Waals surface area contributed by atoms with Gasteiger partial charge in [-0.3, -0.25) is 0 Å². The third-order valence-corrected chi connectivity index (χ3v) is 5.84. The van der Waals surface area contributed by atoms with Gasteiger partial charge in [-0.2, -0.15) is 0 Å². The topological polar surface area (TPSA) is 35.5 Å². The Kier molecular flexibility index (Phi) is 4.68. The maximum atomic E-state index is 12.7. The number of hydrogen-bond donors (Lipinski definition) is 0. The number of ether oxygens (including phenoxy) is 2. The summed E-state index contributed by atoms with van der Waals surface area (Å²) in [5, 5.41) is 0. The molecule has 0 saturated heterocycles. The van der Waals surface area contributed by atoms with Crippen LogP contribution in [0.15, 0.2) is 76.5 Å². The Morgan fingerprint density at radius 2 is 1.89 bits per heavy atom. The summed E-state index contributed by atoms with van der Waals surface area (Å²) in [5.74, 6) is 0.291. The molecule has 2 aromatic rings. The van der Waals surface area contributed by atoms with Crippen LogP contribution in [0, 0.1) is 5.92 Å². The van der Waals surface area contributed by atoms with Crippen LogP contribution in [0.3, 0.4) is 0 Å². The number of carbonyl (C=O) groups is 1. The van der Waals surface area contributed by atoms with E-state index < -0.39 is 5.60 Å². The van der Waals surface area contributed by atoms with E-state index in [4.69, 9.17) is 9.47 Å². The molecule has 1 heterocycles. The van der Waals surface area contributed by atoms with Crippen molar-refractivity contribution in [1.29, 1.82) is 0 Å². The minimum absolute atomic E-state index is 0.0899. The number of hydrogen-bond acceptors (Lipinski definition) is 3. The number of carbonyl (C=O) groups excluding carboxylic acids is 1. The van der Waals surface area contributed by atoms with Crippen molar-refractivity contribution in [1.82, 2.24) is 0 Å². The highest BCUT2D eigenvalue weighted by Gasteiger charge is 2.54. The van der Waals surface area contributed by atoms with Crippen LogP contribution in [0.5, 0.6) is 0 Å². The summed E-state index contributed by atoms with van der Waals surface area (Å²) in [5.41, 5.74) is 3.38. The van der Waals surface area contributed by atoms with Crippen LogP contribution in [-0.2, 0) is 19.9 Å². The number of esters is 1. The molecule has 0 bridgehead atoms. The Labute approximate surface area is 167 Å². The Balaban J connectivity index is 1.82. The first-order chi connectivity index (χ1) is 13.0. The van der Waals surface area contributed by atoms with Gasteiger partial charge in [0.1, 0.15) is 5.76 Å². The van der Waals surface area contributed by atoms with Gasteiger partial charge < -0.3 is 9.47 Å².